The Morgan fingerprint density at radius 2 is 1.91 bits per heavy atom. The van der Waals surface area contributed by atoms with Gasteiger partial charge in [-0.1, -0.05) is 30.3 Å². The molecule has 1 aromatic carbocycles. The second kappa shape index (κ2) is 9.53. The number of aliphatic carboxylic acids is 1. The van der Waals surface area contributed by atoms with E-state index in [1.54, 1.807) is 24.3 Å². The van der Waals surface area contributed by atoms with Crippen LogP contribution in [0.3, 0.4) is 0 Å². The second-order valence-corrected chi connectivity index (χ2v) is 9.20. The lowest BCUT2D eigenvalue weighted by Gasteiger charge is -2.45. The van der Waals surface area contributed by atoms with E-state index in [2.05, 4.69) is 0 Å². The highest BCUT2D eigenvalue weighted by molar-refractivity contribution is 5.93. The molecular weight excluding hydrogens is 460 g/mol. The van der Waals surface area contributed by atoms with Crippen LogP contribution in [0.25, 0.3) is 0 Å². The number of likely N-dealkylation sites (N-methyl/N-ethyl adjacent to an activating group) is 1. The third kappa shape index (κ3) is 4.92. The maximum atomic E-state index is 13.6. The molecule has 3 N–H and O–H groups in total. The molecule has 4 atom stereocenters. The Bertz CT molecular complexity index is 1030. The lowest BCUT2D eigenvalue weighted by atomic mass is 10.0. The van der Waals surface area contributed by atoms with Crippen molar-refractivity contribution in [2.24, 2.45) is 17.6 Å². The van der Waals surface area contributed by atoms with Crippen LogP contribution in [0.4, 0.5) is 4.79 Å². The Balaban J connectivity index is 1.61. The molecule has 2 heterocycles. The van der Waals surface area contributed by atoms with Crippen LogP contribution in [0.1, 0.15) is 31.2 Å². The predicted octanol–water partition coefficient (Wildman–Crippen LogP) is 0.312. The van der Waals surface area contributed by atoms with Crippen LogP contribution < -0.4 is 5.73 Å². The third-order valence-corrected chi connectivity index (χ3v) is 6.68. The first-order valence-electron chi connectivity index (χ1n) is 11.4. The highest BCUT2D eigenvalue weighted by atomic mass is 16.8. The molecule has 1 saturated carbocycles. The molecule has 1 aromatic rings. The smallest absolute Gasteiger partial charge is 0.436 e. The van der Waals surface area contributed by atoms with Gasteiger partial charge in [-0.3, -0.25) is 19.2 Å². The molecule has 4 rings (SSSR count). The number of carbonyl (C=O) groups is 5. The zero-order valence-corrected chi connectivity index (χ0v) is 19.3. The summed E-state index contributed by atoms with van der Waals surface area (Å²) in [6, 6.07) is 9.01. The van der Waals surface area contributed by atoms with Gasteiger partial charge in [-0.25, -0.2) is 9.63 Å². The van der Waals surface area contributed by atoms with Crippen LogP contribution in [0.2, 0.25) is 0 Å². The highest BCUT2D eigenvalue weighted by Gasteiger charge is 2.69. The zero-order chi connectivity index (χ0) is 25.3. The molecule has 1 spiro atoms. The Labute approximate surface area is 201 Å². The van der Waals surface area contributed by atoms with Crippen molar-refractivity contribution in [2.45, 2.75) is 44.1 Å². The normalized spacial score (nSPS) is 27.9. The molecule has 4 amide bonds. The van der Waals surface area contributed by atoms with Crippen molar-refractivity contribution in [1.29, 1.82) is 0 Å². The van der Waals surface area contributed by atoms with Gasteiger partial charge in [0, 0.05) is 32.4 Å². The van der Waals surface area contributed by atoms with Crippen LogP contribution in [0.5, 0.6) is 0 Å². The van der Waals surface area contributed by atoms with E-state index in [-0.39, 0.29) is 51.3 Å². The van der Waals surface area contributed by atoms with Gasteiger partial charge in [0.15, 0.2) is 11.8 Å². The van der Waals surface area contributed by atoms with Crippen LogP contribution in [-0.2, 0) is 35.4 Å². The summed E-state index contributed by atoms with van der Waals surface area (Å²) in [5, 5.41) is 10.1. The van der Waals surface area contributed by atoms with Crippen LogP contribution in [-0.4, -0.2) is 81.7 Å². The molecule has 12 heteroatoms. The number of amides is 4. The van der Waals surface area contributed by atoms with Crippen molar-refractivity contribution in [3.05, 3.63) is 35.9 Å². The molecule has 0 aromatic heterocycles. The van der Waals surface area contributed by atoms with Gasteiger partial charge < -0.3 is 25.4 Å². The fourth-order valence-electron chi connectivity index (χ4n) is 4.73. The Morgan fingerprint density at radius 1 is 1.20 bits per heavy atom. The van der Waals surface area contributed by atoms with E-state index in [0.717, 1.165) is 10.6 Å². The van der Waals surface area contributed by atoms with Gasteiger partial charge in [-0.05, 0) is 18.4 Å². The van der Waals surface area contributed by atoms with E-state index in [1.807, 2.05) is 6.07 Å². The number of hydroxylamine groups is 2. The number of carboxylic acid groups (broad SMARTS) is 1. The second-order valence-electron chi connectivity index (χ2n) is 9.20. The molecule has 2 unspecified atom stereocenters. The SMILES string of the molecule is CN1CC2N(C[C@@H](CCC(=O)O)C1=O)C(=O)[C@@]1(CC1CC(N)=O)ON2C(=O)OCc1ccccc1. The Morgan fingerprint density at radius 3 is 2.57 bits per heavy atom. The molecule has 3 fully saturated rings. The van der Waals surface area contributed by atoms with E-state index in [1.165, 1.54) is 16.8 Å². The number of hydrogen-bond acceptors (Lipinski definition) is 7. The van der Waals surface area contributed by atoms with Gasteiger partial charge in [0.25, 0.3) is 5.91 Å². The average molecular weight is 488 g/mol. The summed E-state index contributed by atoms with van der Waals surface area (Å²) in [6.07, 6.45) is -1.94. The summed E-state index contributed by atoms with van der Waals surface area (Å²) < 4.78 is 5.45. The lowest BCUT2D eigenvalue weighted by molar-refractivity contribution is -0.267. The van der Waals surface area contributed by atoms with E-state index in [9.17, 15) is 24.0 Å². The molecule has 12 nitrogen and oxygen atoms in total. The number of carboxylic acids is 1. The molecule has 1 aliphatic carbocycles. The Hall–Kier alpha value is -3.67. The van der Waals surface area contributed by atoms with E-state index < -0.39 is 47.5 Å². The largest absolute Gasteiger partial charge is 0.481 e. The first-order valence-corrected chi connectivity index (χ1v) is 11.4. The first-order chi connectivity index (χ1) is 16.6. The summed E-state index contributed by atoms with van der Waals surface area (Å²) in [5.74, 6) is -3.73. The number of ether oxygens (including phenoxy) is 1. The minimum atomic E-state index is -1.46. The van der Waals surface area contributed by atoms with Crippen molar-refractivity contribution < 1.29 is 38.7 Å². The molecule has 188 valence electrons. The number of benzene rings is 1. The molecule has 0 bridgehead atoms. The number of rotatable bonds is 7. The van der Waals surface area contributed by atoms with Crippen LogP contribution in [0, 0.1) is 11.8 Å². The summed E-state index contributed by atoms with van der Waals surface area (Å²) >= 11 is 0. The molecule has 2 saturated heterocycles. The van der Waals surface area contributed by atoms with Gasteiger partial charge in [0.05, 0.1) is 12.5 Å². The topological polar surface area (TPSA) is 160 Å². The molecule has 2 aliphatic heterocycles. The number of carbonyl (C=O) groups excluding carboxylic acids is 4. The highest BCUT2D eigenvalue weighted by Crippen LogP contribution is 2.53. The van der Waals surface area contributed by atoms with Crippen LogP contribution in [0.15, 0.2) is 30.3 Å². The summed E-state index contributed by atoms with van der Waals surface area (Å²) in [4.78, 5) is 70.9. The minimum Gasteiger partial charge on any atom is -0.481 e. The monoisotopic (exact) mass is 488 g/mol. The summed E-state index contributed by atoms with van der Waals surface area (Å²) in [5.41, 5.74) is 4.62. The number of primary amides is 1. The molecule has 35 heavy (non-hydrogen) atoms. The van der Waals surface area contributed by atoms with E-state index in [0.29, 0.717) is 0 Å². The van der Waals surface area contributed by atoms with Gasteiger partial charge >= 0.3 is 12.1 Å². The fraction of sp³-hybridized carbons (Fsp3) is 0.522. The maximum absolute atomic E-state index is 13.6. The van der Waals surface area contributed by atoms with Crippen molar-refractivity contribution in [3.8, 4) is 0 Å². The van der Waals surface area contributed by atoms with Gasteiger partial charge in [0.1, 0.15) is 6.61 Å². The first kappa shape index (κ1) is 24.5. The molecular formula is C23H28N4O8. The summed E-state index contributed by atoms with van der Waals surface area (Å²) in [6.45, 7) is -0.171. The fourth-order valence-corrected chi connectivity index (χ4v) is 4.73. The predicted molar refractivity (Wildman–Crippen MR) is 118 cm³/mol. The van der Waals surface area contributed by atoms with Crippen molar-refractivity contribution in [3.63, 3.8) is 0 Å². The maximum Gasteiger partial charge on any atom is 0.436 e. The number of hydrogen-bond donors (Lipinski definition) is 2. The zero-order valence-electron chi connectivity index (χ0n) is 19.3. The summed E-state index contributed by atoms with van der Waals surface area (Å²) in [7, 11) is 1.52. The standard InChI is InChI=1S/C23H28N4O8/c1-25-12-18-26(11-15(20(25)31)7-8-19(29)30)21(32)23(10-16(23)9-17(24)28)35-27(18)22(33)34-13-14-5-3-2-4-6-14/h2-6,15-16,18H,7-13H2,1H3,(H2,24,28)(H,29,30)/t15-,16?,18?,23+/m1/s1. The average Bonchev–Trinajstić information content (AvgIpc) is 3.52. The molecule has 0 radical (unpaired) electrons. The van der Waals surface area contributed by atoms with Crippen molar-refractivity contribution in [1.82, 2.24) is 14.9 Å². The number of fused-ring (bicyclic) bond motifs is 1. The third-order valence-electron chi connectivity index (χ3n) is 6.68. The number of nitrogens with zero attached hydrogens (tertiary/aromatic N) is 3. The Kier molecular flexibility index (Phi) is 6.66. The molecule has 3 aliphatic rings. The van der Waals surface area contributed by atoms with Gasteiger partial charge in [-0.2, -0.15) is 5.06 Å². The van der Waals surface area contributed by atoms with Gasteiger partial charge in [-0.15, -0.1) is 0 Å². The van der Waals surface area contributed by atoms with E-state index >= 15 is 0 Å². The van der Waals surface area contributed by atoms with Crippen molar-refractivity contribution >= 4 is 29.8 Å². The number of nitrogens with two attached hydrogens (primary N) is 1. The minimum absolute atomic E-state index is 0.0338. The quantitative estimate of drug-likeness (QED) is 0.555. The van der Waals surface area contributed by atoms with Crippen LogP contribution >= 0.6 is 0 Å². The lowest BCUT2D eigenvalue weighted by Crippen LogP contribution is -2.66. The van der Waals surface area contributed by atoms with Crippen molar-refractivity contribution in [2.75, 3.05) is 20.1 Å². The van der Waals surface area contributed by atoms with E-state index in [4.69, 9.17) is 20.4 Å². The van der Waals surface area contributed by atoms with Gasteiger partial charge in [0.2, 0.25) is 11.8 Å².